The average molecular weight is 276 g/mol. The number of benzene rings is 1. The Balaban J connectivity index is 2.29. The lowest BCUT2D eigenvalue weighted by molar-refractivity contribution is 0.790. The zero-order valence-corrected chi connectivity index (χ0v) is 10.1. The van der Waals surface area contributed by atoms with Crippen LogP contribution in [0.1, 0.15) is 0 Å². The molecule has 8 heteroatoms. The van der Waals surface area contributed by atoms with E-state index in [4.69, 9.17) is 17.3 Å². The largest absolute Gasteiger partial charge is 0.395 e. The molecule has 0 aliphatic heterocycles. The van der Waals surface area contributed by atoms with E-state index in [2.05, 4.69) is 15.5 Å². The van der Waals surface area contributed by atoms with Gasteiger partial charge >= 0.3 is 0 Å². The minimum atomic E-state index is -0.674. The molecular formula is C11H6ClN5O2. The number of tetrazole rings is 1. The Morgan fingerprint density at radius 2 is 2.00 bits per heavy atom. The van der Waals surface area contributed by atoms with E-state index in [1.807, 2.05) is 0 Å². The summed E-state index contributed by atoms with van der Waals surface area (Å²) >= 11 is 5.92. The van der Waals surface area contributed by atoms with Crippen molar-refractivity contribution >= 4 is 17.3 Å². The van der Waals surface area contributed by atoms with Crippen LogP contribution in [-0.2, 0) is 0 Å². The van der Waals surface area contributed by atoms with E-state index < -0.39 is 10.9 Å². The molecule has 94 valence electrons. The maximum Gasteiger partial charge on any atom is 0.249 e. The summed E-state index contributed by atoms with van der Waals surface area (Å²) in [5.41, 5.74) is 5.35. The number of nitrogens with zero attached hydrogens (tertiary/aromatic N) is 4. The van der Waals surface area contributed by atoms with Crippen LogP contribution in [0.25, 0.3) is 16.8 Å². The maximum absolute atomic E-state index is 11.6. The van der Waals surface area contributed by atoms with Gasteiger partial charge in [-0.3, -0.25) is 9.59 Å². The van der Waals surface area contributed by atoms with Crippen molar-refractivity contribution in [2.45, 2.75) is 0 Å². The van der Waals surface area contributed by atoms with Gasteiger partial charge in [0.1, 0.15) is 6.33 Å². The molecule has 0 aliphatic carbocycles. The van der Waals surface area contributed by atoms with Gasteiger partial charge in [-0.25, -0.2) is 0 Å². The third-order valence-corrected chi connectivity index (χ3v) is 3.01. The van der Waals surface area contributed by atoms with Crippen molar-refractivity contribution in [3.63, 3.8) is 0 Å². The van der Waals surface area contributed by atoms with Gasteiger partial charge in [-0.15, -0.1) is 5.10 Å². The summed E-state index contributed by atoms with van der Waals surface area (Å²) < 4.78 is 1.34. The quantitative estimate of drug-likeness (QED) is 0.668. The lowest BCUT2D eigenvalue weighted by Crippen LogP contribution is -2.36. The first kappa shape index (κ1) is 11.5. The predicted octanol–water partition coefficient (Wildman–Crippen LogP) is 0.161. The molecular weight excluding hydrogens is 270 g/mol. The Hall–Kier alpha value is -2.54. The number of nitrogens with two attached hydrogens (primary N) is 1. The first-order valence-electron chi connectivity index (χ1n) is 5.21. The van der Waals surface area contributed by atoms with E-state index in [-0.39, 0.29) is 11.3 Å². The number of nitrogen functional groups attached to an aromatic ring is 1. The highest BCUT2D eigenvalue weighted by atomic mass is 35.5. The summed E-state index contributed by atoms with van der Waals surface area (Å²) in [6.45, 7) is 0. The molecule has 19 heavy (non-hydrogen) atoms. The zero-order valence-electron chi connectivity index (χ0n) is 9.37. The molecule has 1 heterocycles. The van der Waals surface area contributed by atoms with Gasteiger partial charge in [0.2, 0.25) is 10.9 Å². The van der Waals surface area contributed by atoms with E-state index in [9.17, 15) is 9.59 Å². The van der Waals surface area contributed by atoms with E-state index in [0.29, 0.717) is 16.3 Å². The van der Waals surface area contributed by atoms with Gasteiger partial charge in [0.05, 0.1) is 16.9 Å². The van der Waals surface area contributed by atoms with Crippen molar-refractivity contribution in [1.82, 2.24) is 20.2 Å². The van der Waals surface area contributed by atoms with Crippen molar-refractivity contribution in [3.8, 4) is 16.8 Å². The van der Waals surface area contributed by atoms with Gasteiger partial charge in [-0.2, -0.15) is 4.68 Å². The molecule has 0 unspecified atom stereocenters. The number of halogens is 1. The van der Waals surface area contributed by atoms with Crippen LogP contribution in [0.3, 0.4) is 0 Å². The van der Waals surface area contributed by atoms with Crippen molar-refractivity contribution < 1.29 is 0 Å². The fraction of sp³-hybridized carbons (Fsp3) is 0. The van der Waals surface area contributed by atoms with E-state index in [1.54, 1.807) is 18.2 Å². The van der Waals surface area contributed by atoms with Crippen LogP contribution in [0.5, 0.6) is 0 Å². The number of anilines is 1. The molecule has 3 aromatic rings. The van der Waals surface area contributed by atoms with Crippen LogP contribution >= 0.6 is 11.6 Å². The summed E-state index contributed by atoms with van der Waals surface area (Å²) in [6.07, 6.45) is 1.36. The highest BCUT2D eigenvalue weighted by Gasteiger charge is 2.22. The van der Waals surface area contributed by atoms with Gasteiger partial charge in [-0.1, -0.05) is 17.7 Å². The van der Waals surface area contributed by atoms with Gasteiger partial charge in [-0.05, 0) is 22.6 Å². The van der Waals surface area contributed by atoms with Crippen molar-refractivity contribution in [3.05, 3.63) is 50.0 Å². The average Bonchev–Trinajstić information content (AvgIpc) is 2.94. The summed E-state index contributed by atoms with van der Waals surface area (Å²) in [4.78, 5) is 22.8. The lowest BCUT2D eigenvalue weighted by Gasteiger charge is -2.12. The molecule has 0 saturated heterocycles. The monoisotopic (exact) mass is 275 g/mol. The van der Waals surface area contributed by atoms with Crippen LogP contribution in [0.2, 0.25) is 5.02 Å². The Bertz CT molecular complexity index is 833. The third kappa shape index (κ3) is 1.63. The van der Waals surface area contributed by atoms with Crippen molar-refractivity contribution in [1.29, 1.82) is 0 Å². The molecule has 0 amide bonds. The lowest BCUT2D eigenvalue weighted by atomic mass is 9.97. The fourth-order valence-electron chi connectivity index (χ4n) is 1.85. The van der Waals surface area contributed by atoms with Crippen molar-refractivity contribution in [2.75, 3.05) is 5.73 Å². The Morgan fingerprint density at radius 3 is 2.63 bits per heavy atom. The Kier molecular flexibility index (Phi) is 2.42. The number of rotatable bonds is 2. The standard InChI is InChI=1S/C11H6ClN5O2/c12-5-1-2-6(8-9(13)11(19)10(8)18)7(3-5)17-4-14-15-16-17/h1-4H,13H2. The first-order chi connectivity index (χ1) is 9.09. The molecule has 2 aromatic carbocycles. The fourth-order valence-corrected chi connectivity index (χ4v) is 2.02. The Morgan fingerprint density at radius 1 is 1.21 bits per heavy atom. The SMILES string of the molecule is Nc1c(-c2ccc(Cl)cc2-n2cnnn2)c(=O)c1=O. The molecule has 0 aliphatic rings. The second kappa shape index (κ2) is 3.99. The van der Waals surface area contributed by atoms with Gasteiger partial charge in [0, 0.05) is 10.6 Å². The summed E-state index contributed by atoms with van der Waals surface area (Å²) in [6, 6.07) is 4.79. The molecule has 0 atom stereocenters. The number of hydrogen-bond acceptors (Lipinski definition) is 6. The second-order valence-electron chi connectivity index (χ2n) is 3.86. The van der Waals surface area contributed by atoms with Crippen LogP contribution in [0, 0.1) is 0 Å². The number of aromatic nitrogens is 4. The zero-order chi connectivity index (χ0) is 13.6. The Labute approximate surface area is 110 Å². The predicted molar refractivity (Wildman–Crippen MR) is 68.9 cm³/mol. The van der Waals surface area contributed by atoms with Crippen molar-refractivity contribution in [2.24, 2.45) is 0 Å². The van der Waals surface area contributed by atoms with Gasteiger partial charge < -0.3 is 5.73 Å². The third-order valence-electron chi connectivity index (χ3n) is 2.77. The first-order valence-corrected chi connectivity index (χ1v) is 5.59. The molecule has 2 N–H and O–H groups in total. The molecule has 3 rings (SSSR count). The van der Waals surface area contributed by atoms with Crippen LogP contribution in [-0.4, -0.2) is 20.2 Å². The summed E-state index contributed by atoms with van der Waals surface area (Å²) in [5, 5.41) is 11.2. The van der Waals surface area contributed by atoms with Crippen LogP contribution < -0.4 is 16.6 Å². The smallest absolute Gasteiger partial charge is 0.249 e. The molecule has 0 bridgehead atoms. The second-order valence-corrected chi connectivity index (χ2v) is 4.30. The minimum Gasteiger partial charge on any atom is -0.395 e. The van der Waals surface area contributed by atoms with Crippen LogP contribution in [0.15, 0.2) is 34.1 Å². The molecule has 0 radical (unpaired) electrons. The molecule has 1 aromatic heterocycles. The molecule has 0 spiro atoms. The summed E-state index contributed by atoms with van der Waals surface area (Å²) in [5.74, 6) is 0. The highest BCUT2D eigenvalue weighted by molar-refractivity contribution is 6.30. The summed E-state index contributed by atoms with van der Waals surface area (Å²) in [7, 11) is 0. The molecule has 0 fully saturated rings. The van der Waals surface area contributed by atoms with E-state index >= 15 is 0 Å². The maximum atomic E-state index is 11.6. The van der Waals surface area contributed by atoms with Gasteiger partial charge in [0.25, 0.3) is 0 Å². The molecule has 0 saturated carbocycles. The topological polar surface area (TPSA) is 104 Å². The van der Waals surface area contributed by atoms with Crippen LogP contribution in [0.4, 0.5) is 5.69 Å². The molecule has 7 nitrogen and oxygen atoms in total. The highest BCUT2D eigenvalue weighted by Crippen LogP contribution is 2.29. The van der Waals surface area contributed by atoms with Gasteiger partial charge in [0.15, 0.2) is 0 Å². The number of hydrogen-bond donors (Lipinski definition) is 1. The van der Waals surface area contributed by atoms with E-state index in [0.717, 1.165) is 0 Å². The minimum absolute atomic E-state index is 0.0540. The normalized spacial score (nSPS) is 11.0. The van der Waals surface area contributed by atoms with E-state index in [1.165, 1.54) is 11.0 Å².